The summed E-state index contributed by atoms with van der Waals surface area (Å²) in [4.78, 5) is 11.4. The number of furan rings is 1. The molecule has 1 aromatic heterocycles. The van der Waals surface area contributed by atoms with E-state index >= 15 is 0 Å². The summed E-state index contributed by atoms with van der Waals surface area (Å²) in [5.74, 6) is -1.34. The van der Waals surface area contributed by atoms with Gasteiger partial charge in [-0.25, -0.2) is 4.79 Å². The van der Waals surface area contributed by atoms with Gasteiger partial charge >= 0.3 is 12.1 Å². The first kappa shape index (κ1) is 23.8. The fraction of sp³-hybridized carbons (Fsp3) is 0.476. The number of likely N-dealkylation sites (tertiary alicyclic amines) is 1. The molecule has 2 atom stereocenters. The van der Waals surface area contributed by atoms with Crippen molar-refractivity contribution >= 4 is 5.97 Å². The van der Waals surface area contributed by atoms with E-state index in [2.05, 4.69) is 17.0 Å². The second-order valence-corrected chi connectivity index (χ2v) is 7.04. The molecule has 0 saturated carbocycles. The lowest BCUT2D eigenvalue weighted by molar-refractivity contribution is -0.192. The molecule has 0 bridgehead atoms. The third-order valence-corrected chi connectivity index (χ3v) is 4.94. The first-order chi connectivity index (χ1) is 14.2. The highest BCUT2D eigenvalue weighted by Gasteiger charge is 2.38. The van der Waals surface area contributed by atoms with Crippen LogP contribution in [0.2, 0.25) is 0 Å². The Morgan fingerprint density at radius 2 is 1.87 bits per heavy atom. The summed E-state index contributed by atoms with van der Waals surface area (Å²) in [5, 5.41) is 7.12. The molecule has 0 radical (unpaired) electrons. The summed E-state index contributed by atoms with van der Waals surface area (Å²) in [7, 11) is 3.53. The van der Waals surface area contributed by atoms with Crippen molar-refractivity contribution in [2.24, 2.45) is 5.92 Å². The van der Waals surface area contributed by atoms with E-state index in [1.807, 2.05) is 31.6 Å². The predicted molar refractivity (Wildman–Crippen MR) is 103 cm³/mol. The van der Waals surface area contributed by atoms with E-state index in [1.54, 1.807) is 13.4 Å². The molecule has 0 unspecified atom stereocenters. The molecule has 6 nitrogen and oxygen atoms in total. The zero-order valence-corrected chi connectivity index (χ0v) is 16.9. The van der Waals surface area contributed by atoms with Gasteiger partial charge in [0.25, 0.3) is 0 Å². The van der Waals surface area contributed by atoms with Crippen molar-refractivity contribution in [3.8, 4) is 5.75 Å². The maximum atomic E-state index is 10.6. The molecule has 1 aromatic carbocycles. The molecule has 9 heteroatoms. The van der Waals surface area contributed by atoms with E-state index in [0.717, 1.165) is 38.2 Å². The normalized spacial score (nSPS) is 19.6. The van der Waals surface area contributed by atoms with Gasteiger partial charge in [-0.3, -0.25) is 4.90 Å². The molecule has 0 spiro atoms. The number of carboxylic acid groups (broad SMARTS) is 1. The van der Waals surface area contributed by atoms with Gasteiger partial charge in [0, 0.05) is 38.2 Å². The van der Waals surface area contributed by atoms with Crippen LogP contribution in [-0.4, -0.2) is 55.6 Å². The Labute approximate surface area is 173 Å². The molecular formula is C21H26F3NO5. The molecule has 2 heterocycles. The molecular weight excluding hydrogens is 403 g/mol. The van der Waals surface area contributed by atoms with Crippen LogP contribution in [0.4, 0.5) is 13.2 Å². The lowest BCUT2D eigenvalue weighted by Crippen LogP contribution is -2.44. The Morgan fingerprint density at radius 1 is 1.20 bits per heavy atom. The lowest BCUT2D eigenvalue weighted by Gasteiger charge is -2.38. The molecule has 166 valence electrons. The van der Waals surface area contributed by atoms with Crippen LogP contribution < -0.4 is 4.74 Å². The average Bonchev–Trinajstić information content (AvgIpc) is 3.22. The standard InChI is InChI=1S/C19H25NO3.C2HF3O2/c1-21-18-5-3-15(4-6-18)11-17-13-20(9-7-19(17)22-2)12-16-8-10-23-14-16;3-2(4,5)1(6)7/h3-6,8,10,14,17,19H,7,9,11-13H2,1-2H3;(H,6,7)/t17-,19+;/m0./s1. The summed E-state index contributed by atoms with van der Waals surface area (Å²) in [5.41, 5.74) is 2.58. The number of methoxy groups -OCH3 is 2. The number of hydrogen-bond acceptors (Lipinski definition) is 5. The smallest absolute Gasteiger partial charge is 0.490 e. The monoisotopic (exact) mass is 429 g/mol. The lowest BCUT2D eigenvalue weighted by atomic mass is 9.88. The number of benzene rings is 1. The first-order valence-electron chi connectivity index (χ1n) is 9.42. The number of carboxylic acids is 1. The number of carbonyl (C=O) groups is 1. The molecule has 30 heavy (non-hydrogen) atoms. The molecule has 3 rings (SSSR count). The number of nitrogens with zero attached hydrogens (tertiary/aromatic N) is 1. The van der Waals surface area contributed by atoms with Gasteiger partial charge in [0.15, 0.2) is 0 Å². The van der Waals surface area contributed by atoms with Crippen molar-refractivity contribution in [1.82, 2.24) is 4.90 Å². The molecule has 1 aliphatic rings. The Morgan fingerprint density at radius 3 is 2.37 bits per heavy atom. The van der Waals surface area contributed by atoms with Crippen LogP contribution in [0.3, 0.4) is 0 Å². The summed E-state index contributed by atoms with van der Waals surface area (Å²) in [6, 6.07) is 10.4. The van der Waals surface area contributed by atoms with Gasteiger partial charge in [0.2, 0.25) is 0 Å². The van der Waals surface area contributed by atoms with Crippen molar-refractivity contribution in [3.05, 3.63) is 54.0 Å². The largest absolute Gasteiger partial charge is 0.497 e. The predicted octanol–water partition coefficient (Wildman–Crippen LogP) is 4.00. The Balaban J connectivity index is 0.000000396. The van der Waals surface area contributed by atoms with Gasteiger partial charge < -0.3 is 19.0 Å². The van der Waals surface area contributed by atoms with Gasteiger partial charge in [-0.2, -0.15) is 13.2 Å². The molecule has 1 saturated heterocycles. The van der Waals surface area contributed by atoms with Gasteiger partial charge in [-0.05, 0) is 36.6 Å². The average molecular weight is 429 g/mol. The highest BCUT2D eigenvalue weighted by Crippen LogP contribution is 2.25. The molecule has 1 fully saturated rings. The van der Waals surface area contributed by atoms with Crippen molar-refractivity contribution in [1.29, 1.82) is 0 Å². The minimum absolute atomic E-state index is 0.331. The fourth-order valence-electron chi connectivity index (χ4n) is 3.44. The first-order valence-corrected chi connectivity index (χ1v) is 9.42. The Hall–Kier alpha value is -2.52. The third-order valence-electron chi connectivity index (χ3n) is 4.94. The highest BCUT2D eigenvalue weighted by atomic mass is 19.4. The zero-order valence-electron chi connectivity index (χ0n) is 16.9. The van der Waals surface area contributed by atoms with Crippen molar-refractivity contribution in [2.45, 2.75) is 31.7 Å². The summed E-state index contributed by atoms with van der Waals surface area (Å²) < 4.78 is 47.9. The third kappa shape index (κ3) is 7.38. The van der Waals surface area contributed by atoms with Gasteiger partial charge in [0.05, 0.1) is 25.7 Å². The highest BCUT2D eigenvalue weighted by molar-refractivity contribution is 5.73. The van der Waals surface area contributed by atoms with E-state index in [4.69, 9.17) is 23.8 Å². The second-order valence-electron chi connectivity index (χ2n) is 7.04. The van der Waals surface area contributed by atoms with Gasteiger partial charge in [-0.15, -0.1) is 0 Å². The Kier molecular flexibility index (Phi) is 8.73. The fourth-order valence-corrected chi connectivity index (χ4v) is 3.44. The van der Waals surface area contributed by atoms with Crippen LogP contribution >= 0.6 is 0 Å². The second kappa shape index (κ2) is 11.0. The number of aliphatic carboxylic acids is 1. The van der Waals surface area contributed by atoms with E-state index in [-0.39, 0.29) is 0 Å². The molecule has 0 amide bonds. The topological polar surface area (TPSA) is 72.1 Å². The van der Waals surface area contributed by atoms with E-state index in [0.29, 0.717) is 12.0 Å². The van der Waals surface area contributed by atoms with Gasteiger partial charge in [0.1, 0.15) is 5.75 Å². The quantitative estimate of drug-likeness (QED) is 0.749. The number of ether oxygens (including phenoxy) is 2. The van der Waals surface area contributed by atoms with Crippen LogP contribution in [0.15, 0.2) is 47.3 Å². The van der Waals surface area contributed by atoms with Gasteiger partial charge in [-0.1, -0.05) is 12.1 Å². The molecule has 2 aromatic rings. The van der Waals surface area contributed by atoms with Crippen molar-refractivity contribution < 1.29 is 37.0 Å². The van der Waals surface area contributed by atoms with Crippen molar-refractivity contribution in [3.63, 3.8) is 0 Å². The van der Waals surface area contributed by atoms with E-state index in [1.165, 1.54) is 11.1 Å². The Bertz CT molecular complexity index is 762. The number of rotatable bonds is 6. The number of alkyl halides is 3. The molecule has 1 N–H and O–H groups in total. The summed E-state index contributed by atoms with van der Waals surface area (Å²) in [6.45, 7) is 3.07. The maximum Gasteiger partial charge on any atom is 0.490 e. The minimum Gasteiger partial charge on any atom is -0.497 e. The molecule has 1 aliphatic heterocycles. The minimum atomic E-state index is -5.08. The van der Waals surface area contributed by atoms with Crippen LogP contribution in [0.5, 0.6) is 5.75 Å². The zero-order chi connectivity index (χ0) is 22.1. The van der Waals surface area contributed by atoms with Crippen LogP contribution in [0, 0.1) is 5.92 Å². The SMILES string of the molecule is COc1ccc(C[C@H]2CN(Cc3ccoc3)CC[C@H]2OC)cc1.O=C(O)C(F)(F)F. The van der Waals surface area contributed by atoms with Crippen LogP contribution in [-0.2, 0) is 22.5 Å². The molecule has 0 aliphatic carbocycles. The van der Waals surface area contributed by atoms with Crippen molar-refractivity contribution in [2.75, 3.05) is 27.3 Å². The van der Waals surface area contributed by atoms with Crippen LogP contribution in [0.1, 0.15) is 17.5 Å². The summed E-state index contributed by atoms with van der Waals surface area (Å²) >= 11 is 0. The number of halogens is 3. The van der Waals surface area contributed by atoms with E-state index in [9.17, 15) is 13.2 Å². The maximum absolute atomic E-state index is 10.6. The van der Waals surface area contributed by atoms with E-state index < -0.39 is 12.1 Å². The summed E-state index contributed by atoms with van der Waals surface area (Å²) in [6.07, 6.45) is 0.935. The van der Waals surface area contributed by atoms with Crippen LogP contribution in [0.25, 0.3) is 0 Å². The number of hydrogen-bond donors (Lipinski definition) is 1. The number of piperidine rings is 1.